The molecule has 0 aromatic carbocycles. The standard InChI is InChI=1S/C11H21NOS/c1-2-3-4-5-6-7-9-13-11-12-8-10-14-11/h2-10H2,1H3. The fourth-order valence-electron chi connectivity index (χ4n) is 1.44. The van der Waals surface area contributed by atoms with Crippen molar-refractivity contribution in [2.24, 2.45) is 4.99 Å². The molecule has 0 saturated carbocycles. The number of unbranched alkanes of at least 4 members (excludes halogenated alkanes) is 5. The predicted molar refractivity (Wildman–Crippen MR) is 64.1 cm³/mol. The Morgan fingerprint density at radius 3 is 2.71 bits per heavy atom. The van der Waals surface area contributed by atoms with Crippen molar-refractivity contribution in [2.45, 2.75) is 45.4 Å². The zero-order valence-corrected chi connectivity index (χ0v) is 9.94. The molecular formula is C11H21NOS. The number of thioether (sulfide) groups is 1. The van der Waals surface area contributed by atoms with Gasteiger partial charge in [-0.2, -0.15) is 0 Å². The van der Waals surface area contributed by atoms with E-state index < -0.39 is 0 Å². The van der Waals surface area contributed by atoms with E-state index in [9.17, 15) is 0 Å². The average molecular weight is 215 g/mol. The van der Waals surface area contributed by atoms with Crippen LogP contribution in [0.4, 0.5) is 0 Å². The van der Waals surface area contributed by atoms with Crippen molar-refractivity contribution in [1.29, 1.82) is 0 Å². The van der Waals surface area contributed by atoms with Gasteiger partial charge in [-0.25, -0.2) is 4.99 Å². The first-order chi connectivity index (χ1) is 6.93. The van der Waals surface area contributed by atoms with E-state index >= 15 is 0 Å². The summed E-state index contributed by atoms with van der Waals surface area (Å²) >= 11 is 1.74. The number of aliphatic imine (C=N–C) groups is 1. The lowest BCUT2D eigenvalue weighted by Crippen LogP contribution is -1.99. The molecule has 0 aromatic rings. The van der Waals surface area contributed by atoms with Gasteiger partial charge in [-0.05, 0) is 6.42 Å². The molecule has 0 fully saturated rings. The van der Waals surface area contributed by atoms with Gasteiger partial charge in [0.25, 0.3) is 0 Å². The number of hydrogen-bond donors (Lipinski definition) is 0. The van der Waals surface area contributed by atoms with Crippen LogP contribution < -0.4 is 0 Å². The maximum Gasteiger partial charge on any atom is 0.245 e. The lowest BCUT2D eigenvalue weighted by Gasteiger charge is -2.03. The van der Waals surface area contributed by atoms with Gasteiger partial charge in [0.1, 0.15) is 0 Å². The minimum Gasteiger partial charge on any atom is -0.473 e. The summed E-state index contributed by atoms with van der Waals surface area (Å²) in [5, 5.41) is 0.915. The van der Waals surface area contributed by atoms with Gasteiger partial charge in [0.05, 0.1) is 13.2 Å². The van der Waals surface area contributed by atoms with Crippen molar-refractivity contribution < 1.29 is 4.74 Å². The second-order valence-electron chi connectivity index (χ2n) is 3.61. The zero-order valence-electron chi connectivity index (χ0n) is 9.13. The molecule has 0 bridgehead atoms. The molecule has 0 amide bonds. The van der Waals surface area contributed by atoms with Gasteiger partial charge in [-0.3, -0.25) is 0 Å². The molecule has 2 nitrogen and oxygen atoms in total. The van der Waals surface area contributed by atoms with Crippen molar-refractivity contribution in [3.05, 3.63) is 0 Å². The Bertz CT molecular complexity index is 171. The van der Waals surface area contributed by atoms with E-state index in [1.807, 2.05) is 0 Å². The maximum atomic E-state index is 5.52. The third-order valence-electron chi connectivity index (χ3n) is 2.28. The first-order valence-electron chi connectivity index (χ1n) is 5.73. The van der Waals surface area contributed by atoms with Crippen molar-refractivity contribution in [2.75, 3.05) is 18.9 Å². The minimum atomic E-state index is 0.859. The summed E-state index contributed by atoms with van der Waals surface area (Å²) in [6.45, 7) is 4.05. The fourth-order valence-corrected chi connectivity index (χ4v) is 2.15. The van der Waals surface area contributed by atoms with E-state index in [0.717, 1.165) is 24.1 Å². The molecule has 14 heavy (non-hydrogen) atoms. The van der Waals surface area contributed by atoms with Crippen LogP contribution in [-0.4, -0.2) is 24.1 Å². The largest absolute Gasteiger partial charge is 0.473 e. The van der Waals surface area contributed by atoms with Crippen LogP contribution in [0.1, 0.15) is 45.4 Å². The normalized spacial score (nSPS) is 15.6. The van der Waals surface area contributed by atoms with Gasteiger partial charge in [-0.1, -0.05) is 50.8 Å². The van der Waals surface area contributed by atoms with Crippen LogP contribution in [0, 0.1) is 0 Å². The summed E-state index contributed by atoms with van der Waals surface area (Å²) in [5.41, 5.74) is 0. The highest BCUT2D eigenvalue weighted by molar-refractivity contribution is 8.13. The fraction of sp³-hybridized carbons (Fsp3) is 0.909. The van der Waals surface area contributed by atoms with Crippen molar-refractivity contribution in [1.82, 2.24) is 0 Å². The molecule has 1 aliphatic rings. The van der Waals surface area contributed by atoms with Gasteiger partial charge in [-0.15, -0.1) is 0 Å². The summed E-state index contributed by atoms with van der Waals surface area (Å²) in [6, 6.07) is 0. The molecule has 82 valence electrons. The average Bonchev–Trinajstić information content (AvgIpc) is 2.69. The Hall–Kier alpha value is -0.180. The Morgan fingerprint density at radius 2 is 2.00 bits per heavy atom. The molecule has 0 N–H and O–H groups in total. The molecular weight excluding hydrogens is 194 g/mol. The van der Waals surface area contributed by atoms with E-state index in [1.165, 1.54) is 38.5 Å². The molecule has 1 aliphatic heterocycles. The SMILES string of the molecule is CCCCCCCCOC1=NCCS1. The first-order valence-corrected chi connectivity index (χ1v) is 6.72. The topological polar surface area (TPSA) is 21.6 Å². The van der Waals surface area contributed by atoms with E-state index in [-0.39, 0.29) is 0 Å². The van der Waals surface area contributed by atoms with Gasteiger partial charge in [0, 0.05) is 5.75 Å². The molecule has 0 unspecified atom stereocenters. The maximum absolute atomic E-state index is 5.52. The van der Waals surface area contributed by atoms with Crippen molar-refractivity contribution in [3.8, 4) is 0 Å². The zero-order chi connectivity index (χ0) is 10.1. The van der Waals surface area contributed by atoms with Crippen molar-refractivity contribution >= 4 is 17.0 Å². The first kappa shape index (κ1) is 11.9. The summed E-state index contributed by atoms with van der Waals surface area (Å²) in [6.07, 6.45) is 7.93. The van der Waals surface area contributed by atoms with Gasteiger partial charge < -0.3 is 4.74 Å². The molecule has 3 heteroatoms. The Morgan fingerprint density at radius 1 is 1.21 bits per heavy atom. The van der Waals surface area contributed by atoms with E-state index in [1.54, 1.807) is 11.8 Å². The molecule has 0 radical (unpaired) electrons. The second kappa shape index (κ2) is 8.16. The second-order valence-corrected chi connectivity index (χ2v) is 4.66. The van der Waals surface area contributed by atoms with E-state index in [0.29, 0.717) is 0 Å². The van der Waals surface area contributed by atoms with E-state index in [2.05, 4.69) is 11.9 Å². The third kappa shape index (κ3) is 5.53. The Balaban J connectivity index is 1.80. The molecule has 1 rings (SSSR count). The lowest BCUT2D eigenvalue weighted by molar-refractivity contribution is 0.301. The molecule has 0 aliphatic carbocycles. The molecule has 0 atom stereocenters. The number of rotatable bonds is 7. The number of hydrogen-bond acceptors (Lipinski definition) is 3. The predicted octanol–water partition coefficient (Wildman–Crippen LogP) is 3.47. The van der Waals surface area contributed by atoms with Gasteiger partial charge >= 0.3 is 0 Å². The van der Waals surface area contributed by atoms with Crippen LogP contribution in [0.15, 0.2) is 4.99 Å². The third-order valence-corrected chi connectivity index (χ3v) is 3.16. The highest BCUT2D eigenvalue weighted by Gasteiger charge is 2.06. The summed E-state index contributed by atoms with van der Waals surface area (Å²) in [5.74, 6) is 1.10. The quantitative estimate of drug-likeness (QED) is 0.607. The van der Waals surface area contributed by atoms with Crippen LogP contribution in [0.2, 0.25) is 0 Å². The summed E-state index contributed by atoms with van der Waals surface area (Å²) in [4.78, 5) is 4.24. The van der Waals surface area contributed by atoms with Crippen LogP contribution in [0.5, 0.6) is 0 Å². The molecule has 0 saturated heterocycles. The van der Waals surface area contributed by atoms with Gasteiger partial charge in [0.2, 0.25) is 5.23 Å². The molecule has 1 heterocycles. The molecule has 0 spiro atoms. The number of nitrogens with zero attached hydrogens (tertiary/aromatic N) is 1. The summed E-state index contributed by atoms with van der Waals surface area (Å²) < 4.78 is 5.52. The van der Waals surface area contributed by atoms with Gasteiger partial charge in [0.15, 0.2) is 0 Å². The highest BCUT2D eigenvalue weighted by atomic mass is 32.2. The Labute approximate surface area is 91.5 Å². The lowest BCUT2D eigenvalue weighted by atomic mass is 10.1. The monoisotopic (exact) mass is 215 g/mol. The van der Waals surface area contributed by atoms with Crippen LogP contribution in [0.25, 0.3) is 0 Å². The smallest absolute Gasteiger partial charge is 0.245 e. The molecule has 0 aromatic heterocycles. The van der Waals surface area contributed by atoms with Crippen LogP contribution in [0.3, 0.4) is 0 Å². The minimum absolute atomic E-state index is 0.859. The van der Waals surface area contributed by atoms with Crippen molar-refractivity contribution in [3.63, 3.8) is 0 Å². The summed E-state index contributed by atoms with van der Waals surface area (Å²) in [7, 11) is 0. The van der Waals surface area contributed by atoms with Crippen LogP contribution >= 0.6 is 11.8 Å². The van der Waals surface area contributed by atoms with Crippen LogP contribution in [-0.2, 0) is 4.74 Å². The number of ether oxygens (including phenoxy) is 1. The highest BCUT2D eigenvalue weighted by Crippen LogP contribution is 2.13. The Kier molecular flexibility index (Phi) is 6.93. The van der Waals surface area contributed by atoms with E-state index in [4.69, 9.17) is 4.74 Å².